The number of rotatable bonds is 6. The molecule has 0 spiro atoms. The van der Waals surface area contributed by atoms with Gasteiger partial charge in [-0.05, 0) is 36.8 Å². The molecule has 3 N–H and O–H groups in total. The van der Waals surface area contributed by atoms with Crippen molar-refractivity contribution in [3.8, 4) is 0 Å². The lowest BCUT2D eigenvalue weighted by Gasteiger charge is -2.15. The highest BCUT2D eigenvalue weighted by Gasteiger charge is 2.21. The van der Waals surface area contributed by atoms with Crippen LogP contribution in [0.1, 0.15) is 15.9 Å². The summed E-state index contributed by atoms with van der Waals surface area (Å²) in [6, 6.07) is 5.76. The Kier molecular flexibility index (Phi) is 6.00. The fourth-order valence-corrected chi connectivity index (χ4v) is 2.00. The van der Waals surface area contributed by atoms with Gasteiger partial charge in [-0.25, -0.2) is 18.0 Å². The predicted octanol–water partition coefficient (Wildman–Crippen LogP) is 2.67. The van der Waals surface area contributed by atoms with Gasteiger partial charge in [-0.2, -0.15) is 0 Å². The predicted molar refractivity (Wildman–Crippen MR) is 84.2 cm³/mol. The van der Waals surface area contributed by atoms with Crippen LogP contribution in [-0.2, 0) is 4.74 Å². The number of ether oxygens (including phenoxy) is 1. The Morgan fingerprint density at radius 1 is 1.20 bits per heavy atom. The van der Waals surface area contributed by atoms with E-state index >= 15 is 0 Å². The highest BCUT2D eigenvalue weighted by Crippen LogP contribution is 2.28. The number of aliphatic hydroxyl groups is 2. The Balaban J connectivity index is 2.35. The molecule has 5 nitrogen and oxygen atoms in total. The fraction of sp³-hybridized carbons (Fsp3) is 0.235. The van der Waals surface area contributed by atoms with Crippen LogP contribution in [-0.4, -0.2) is 35.5 Å². The zero-order chi connectivity index (χ0) is 18.6. The van der Waals surface area contributed by atoms with E-state index in [1.54, 1.807) is 13.0 Å². The molecule has 0 fully saturated rings. The van der Waals surface area contributed by atoms with Gasteiger partial charge in [-0.1, -0.05) is 6.07 Å². The first-order valence-corrected chi connectivity index (χ1v) is 7.30. The minimum absolute atomic E-state index is 0.153. The molecular weight excluding hydrogens is 339 g/mol. The van der Waals surface area contributed by atoms with Gasteiger partial charge in [0.1, 0.15) is 18.5 Å². The van der Waals surface area contributed by atoms with Crippen LogP contribution in [0.15, 0.2) is 30.3 Å². The molecule has 2 aromatic rings. The molecule has 0 bridgehead atoms. The first kappa shape index (κ1) is 18.8. The number of nitrogens with one attached hydrogen (secondary N) is 1. The molecule has 0 aromatic heterocycles. The molecule has 0 aliphatic heterocycles. The number of benzene rings is 2. The SMILES string of the molecule is Cc1ccc(Nc2c(C(=O)OCC(O)CO)ccc(F)c2F)c(F)c1. The summed E-state index contributed by atoms with van der Waals surface area (Å²) in [6.45, 7) is 0.488. The lowest BCUT2D eigenvalue weighted by atomic mass is 10.1. The topological polar surface area (TPSA) is 78.8 Å². The smallest absolute Gasteiger partial charge is 0.340 e. The number of aliphatic hydroxyl groups excluding tert-OH is 2. The van der Waals surface area contributed by atoms with Crippen molar-refractivity contribution in [2.75, 3.05) is 18.5 Å². The maximum Gasteiger partial charge on any atom is 0.340 e. The van der Waals surface area contributed by atoms with E-state index in [1.165, 1.54) is 12.1 Å². The zero-order valence-corrected chi connectivity index (χ0v) is 13.2. The van der Waals surface area contributed by atoms with Crippen molar-refractivity contribution in [3.63, 3.8) is 0 Å². The second-order valence-electron chi connectivity index (χ2n) is 5.33. The lowest BCUT2D eigenvalue weighted by molar-refractivity contribution is 0.00937. The van der Waals surface area contributed by atoms with E-state index in [4.69, 9.17) is 9.84 Å². The third kappa shape index (κ3) is 4.49. The molecule has 0 radical (unpaired) electrons. The summed E-state index contributed by atoms with van der Waals surface area (Å²) in [5.74, 6) is -4.39. The van der Waals surface area contributed by atoms with Crippen molar-refractivity contribution in [1.82, 2.24) is 0 Å². The number of anilines is 2. The van der Waals surface area contributed by atoms with Gasteiger partial charge in [0.15, 0.2) is 11.6 Å². The van der Waals surface area contributed by atoms with Crippen LogP contribution in [0.5, 0.6) is 0 Å². The second kappa shape index (κ2) is 8.00. The highest BCUT2D eigenvalue weighted by molar-refractivity contribution is 5.96. The van der Waals surface area contributed by atoms with Crippen molar-refractivity contribution >= 4 is 17.3 Å². The average molecular weight is 355 g/mol. The Labute approximate surface area is 141 Å². The van der Waals surface area contributed by atoms with E-state index < -0.39 is 48.4 Å². The van der Waals surface area contributed by atoms with Crippen molar-refractivity contribution < 1.29 is 32.9 Å². The summed E-state index contributed by atoms with van der Waals surface area (Å²) in [5, 5.41) is 20.2. The summed E-state index contributed by atoms with van der Waals surface area (Å²) in [6.07, 6.45) is -1.31. The van der Waals surface area contributed by atoms with Crippen LogP contribution in [0.3, 0.4) is 0 Å². The van der Waals surface area contributed by atoms with Crippen molar-refractivity contribution in [3.05, 3.63) is 58.9 Å². The number of halogens is 3. The van der Waals surface area contributed by atoms with Gasteiger partial charge in [0.05, 0.1) is 23.5 Å². The summed E-state index contributed by atoms with van der Waals surface area (Å²) in [4.78, 5) is 12.0. The van der Waals surface area contributed by atoms with Gasteiger partial charge < -0.3 is 20.3 Å². The molecule has 0 heterocycles. The van der Waals surface area contributed by atoms with E-state index in [9.17, 15) is 23.1 Å². The van der Waals surface area contributed by atoms with Crippen LogP contribution in [0.4, 0.5) is 24.5 Å². The van der Waals surface area contributed by atoms with Crippen molar-refractivity contribution in [2.45, 2.75) is 13.0 Å². The molecule has 134 valence electrons. The monoisotopic (exact) mass is 355 g/mol. The third-order valence-corrected chi connectivity index (χ3v) is 3.32. The molecular formula is C17H16F3NO4. The number of carbonyl (C=O) groups is 1. The van der Waals surface area contributed by atoms with Crippen LogP contribution in [0.25, 0.3) is 0 Å². The molecule has 2 rings (SSSR count). The minimum Gasteiger partial charge on any atom is -0.459 e. The van der Waals surface area contributed by atoms with E-state index in [0.29, 0.717) is 5.56 Å². The van der Waals surface area contributed by atoms with Gasteiger partial charge in [-0.3, -0.25) is 0 Å². The van der Waals surface area contributed by atoms with Gasteiger partial charge in [0.2, 0.25) is 0 Å². The molecule has 8 heteroatoms. The Hall–Kier alpha value is -2.58. The Bertz CT molecular complexity index is 783. The molecule has 0 saturated heterocycles. The van der Waals surface area contributed by atoms with Gasteiger partial charge >= 0.3 is 5.97 Å². The molecule has 1 unspecified atom stereocenters. The Morgan fingerprint density at radius 2 is 1.92 bits per heavy atom. The Morgan fingerprint density at radius 3 is 2.56 bits per heavy atom. The number of carbonyl (C=O) groups excluding carboxylic acids is 1. The van der Waals surface area contributed by atoms with E-state index in [-0.39, 0.29) is 11.3 Å². The lowest BCUT2D eigenvalue weighted by Crippen LogP contribution is -2.22. The quantitative estimate of drug-likeness (QED) is 0.695. The first-order valence-electron chi connectivity index (χ1n) is 7.30. The molecule has 0 aliphatic rings. The van der Waals surface area contributed by atoms with E-state index in [2.05, 4.69) is 5.32 Å². The third-order valence-electron chi connectivity index (χ3n) is 3.32. The average Bonchev–Trinajstić information content (AvgIpc) is 2.58. The standard InChI is InChI=1S/C17H16F3NO4/c1-9-2-5-14(13(19)6-9)21-16-11(3-4-12(18)15(16)20)17(24)25-8-10(23)7-22/h2-6,10,21-23H,7-8H2,1H3. The molecule has 2 aromatic carbocycles. The zero-order valence-electron chi connectivity index (χ0n) is 13.2. The number of aryl methyl sites for hydroxylation is 1. The largest absolute Gasteiger partial charge is 0.459 e. The van der Waals surface area contributed by atoms with Crippen molar-refractivity contribution in [1.29, 1.82) is 0 Å². The number of hydrogen-bond acceptors (Lipinski definition) is 5. The fourth-order valence-electron chi connectivity index (χ4n) is 2.00. The summed E-state index contributed by atoms with van der Waals surface area (Å²) in [5.41, 5.74) is -0.504. The molecule has 0 amide bonds. The van der Waals surface area contributed by atoms with Crippen LogP contribution in [0, 0.1) is 24.4 Å². The highest BCUT2D eigenvalue weighted by atomic mass is 19.2. The van der Waals surface area contributed by atoms with Crippen molar-refractivity contribution in [2.24, 2.45) is 0 Å². The normalized spacial score (nSPS) is 11.9. The van der Waals surface area contributed by atoms with E-state index in [1.807, 2.05) is 0 Å². The molecule has 1 atom stereocenters. The summed E-state index contributed by atoms with van der Waals surface area (Å²) < 4.78 is 46.3. The van der Waals surface area contributed by atoms with Gasteiger partial charge in [0, 0.05) is 0 Å². The maximum absolute atomic E-state index is 14.1. The minimum atomic E-state index is -1.38. The number of hydrogen-bond donors (Lipinski definition) is 3. The van der Waals surface area contributed by atoms with Crippen LogP contribution in [0.2, 0.25) is 0 Å². The first-order chi connectivity index (χ1) is 11.8. The molecule has 25 heavy (non-hydrogen) atoms. The summed E-state index contributed by atoms with van der Waals surface area (Å²) >= 11 is 0. The number of esters is 1. The molecule has 0 aliphatic carbocycles. The van der Waals surface area contributed by atoms with E-state index in [0.717, 1.165) is 12.1 Å². The molecule has 0 saturated carbocycles. The van der Waals surface area contributed by atoms with Crippen LogP contribution >= 0.6 is 0 Å². The maximum atomic E-state index is 14.1. The van der Waals surface area contributed by atoms with Crippen LogP contribution < -0.4 is 5.32 Å². The second-order valence-corrected chi connectivity index (χ2v) is 5.33. The van der Waals surface area contributed by atoms with Gasteiger partial charge in [0.25, 0.3) is 0 Å². The van der Waals surface area contributed by atoms with Gasteiger partial charge in [-0.15, -0.1) is 0 Å². The summed E-state index contributed by atoms with van der Waals surface area (Å²) in [7, 11) is 0.